The van der Waals surface area contributed by atoms with Crippen molar-refractivity contribution >= 4 is 22.5 Å². The largest absolute Gasteiger partial charge is 0.394 e. The first-order valence-electron chi connectivity index (χ1n) is 4.75. The van der Waals surface area contributed by atoms with Gasteiger partial charge in [-0.2, -0.15) is 0 Å². The number of aryl methyl sites for hydroxylation is 1. The Labute approximate surface area is 93.1 Å². The van der Waals surface area contributed by atoms with E-state index in [0.29, 0.717) is 5.02 Å². The number of aliphatic hydroxyl groups excluding tert-OH is 1. The zero-order chi connectivity index (χ0) is 11.0. The van der Waals surface area contributed by atoms with E-state index in [1.807, 2.05) is 35.9 Å². The average molecular weight is 225 g/mol. The summed E-state index contributed by atoms with van der Waals surface area (Å²) in [6, 6.07) is 7.33. The molecule has 15 heavy (non-hydrogen) atoms. The Hall–Kier alpha value is -1.03. The van der Waals surface area contributed by atoms with Gasteiger partial charge in [0.05, 0.1) is 23.2 Å². The van der Waals surface area contributed by atoms with Crippen LogP contribution in [-0.2, 0) is 7.05 Å². The summed E-state index contributed by atoms with van der Waals surface area (Å²) in [6.45, 7) is -0.0677. The van der Waals surface area contributed by atoms with E-state index in [1.165, 1.54) is 0 Å². The summed E-state index contributed by atoms with van der Waals surface area (Å²) in [5.41, 5.74) is 7.64. The highest BCUT2D eigenvalue weighted by molar-refractivity contribution is 6.35. The van der Waals surface area contributed by atoms with Gasteiger partial charge in [-0.3, -0.25) is 0 Å². The summed E-state index contributed by atoms with van der Waals surface area (Å²) in [4.78, 5) is 0. The molecule has 0 aliphatic rings. The number of aromatic nitrogens is 1. The van der Waals surface area contributed by atoms with Gasteiger partial charge in [0.25, 0.3) is 0 Å². The van der Waals surface area contributed by atoms with Gasteiger partial charge in [0.15, 0.2) is 0 Å². The van der Waals surface area contributed by atoms with Crippen molar-refractivity contribution in [2.75, 3.05) is 6.61 Å². The molecule has 1 aromatic heterocycles. The van der Waals surface area contributed by atoms with Crippen LogP contribution in [0, 0.1) is 0 Å². The molecule has 0 aliphatic heterocycles. The predicted octanol–water partition coefficient (Wildman–Crippen LogP) is 1.82. The molecule has 0 bridgehead atoms. The number of para-hydroxylation sites is 1. The standard InChI is InChI=1S/C11H13ClN2O/c1-14-10(9(13)6-15)5-7-3-2-4-8(12)11(7)14/h2-5,9,15H,6,13H2,1H3. The first-order valence-corrected chi connectivity index (χ1v) is 5.13. The molecular formula is C11H13ClN2O. The Morgan fingerprint density at radius 2 is 2.27 bits per heavy atom. The highest BCUT2D eigenvalue weighted by Crippen LogP contribution is 2.27. The second kappa shape index (κ2) is 3.85. The number of fused-ring (bicyclic) bond motifs is 1. The lowest BCUT2D eigenvalue weighted by molar-refractivity contribution is 0.264. The third-order valence-electron chi connectivity index (χ3n) is 2.62. The number of hydrogen-bond donors (Lipinski definition) is 2. The van der Waals surface area contributed by atoms with Gasteiger partial charge in [0.1, 0.15) is 0 Å². The van der Waals surface area contributed by atoms with E-state index in [1.54, 1.807) is 0 Å². The van der Waals surface area contributed by atoms with Crippen molar-refractivity contribution in [3.8, 4) is 0 Å². The zero-order valence-corrected chi connectivity index (χ0v) is 9.20. The molecule has 0 radical (unpaired) electrons. The van der Waals surface area contributed by atoms with Crippen molar-refractivity contribution in [3.05, 3.63) is 35.0 Å². The minimum Gasteiger partial charge on any atom is -0.394 e. The van der Waals surface area contributed by atoms with E-state index in [2.05, 4.69) is 0 Å². The van der Waals surface area contributed by atoms with E-state index < -0.39 is 0 Å². The number of nitrogens with two attached hydrogens (primary N) is 1. The fourth-order valence-corrected chi connectivity index (χ4v) is 2.15. The molecule has 0 aliphatic carbocycles. The summed E-state index contributed by atoms with van der Waals surface area (Å²) >= 11 is 6.10. The number of benzene rings is 1. The monoisotopic (exact) mass is 224 g/mol. The zero-order valence-electron chi connectivity index (χ0n) is 8.44. The van der Waals surface area contributed by atoms with Crippen molar-refractivity contribution in [1.82, 2.24) is 4.57 Å². The Balaban J connectivity index is 2.70. The summed E-state index contributed by atoms with van der Waals surface area (Å²) in [5.74, 6) is 0. The molecule has 0 fully saturated rings. The van der Waals surface area contributed by atoms with Gasteiger partial charge in [0.2, 0.25) is 0 Å². The third kappa shape index (κ3) is 1.63. The fourth-order valence-electron chi connectivity index (χ4n) is 1.84. The minimum atomic E-state index is -0.363. The lowest BCUT2D eigenvalue weighted by Crippen LogP contribution is -2.17. The van der Waals surface area contributed by atoms with Gasteiger partial charge in [-0.05, 0) is 12.1 Å². The molecule has 4 heteroatoms. The average Bonchev–Trinajstić information content (AvgIpc) is 2.56. The number of aliphatic hydroxyl groups is 1. The fraction of sp³-hybridized carbons (Fsp3) is 0.273. The van der Waals surface area contributed by atoms with Gasteiger partial charge in [-0.1, -0.05) is 23.7 Å². The van der Waals surface area contributed by atoms with Crippen molar-refractivity contribution in [1.29, 1.82) is 0 Å². The molecule has 1 aromatic carbocycles. The van der Waals surface area contributed by atoms with Crippen molar-refractivity contribution in [2.45, 2.75) is 6.04 Å². The number of halogens is 1. The lowest BCUT2D eigenvalue weighted by Gasteiger charge is -2.10. The van der Waals surface area contributed by atoms with Crippen LogP contribution in [0.1, 0.15) is 11.7 Å². The Morgan fingerprint density at radius 3 is 2.87 bits per heavy atom. The molecule has 1 unspecified atom stereocenters. The van der Waals surface area contributed by atoms with Gasteiger partial charge < -0.3 is 15.4 Å². The molecular weight excluding hydrogens is 212 g/mol. The van der Waals surface area contributed by atoms with Gasteiger partial charge in [-0.25, -0.2) is 0 Å². The van der Waals surface area contributed by atoms with E-state index in [9.17, 15) is 0 Å². The predicted molar refractivity (Wildman–Crippen MR) is 61.9 cm³/mol. The normalized spacial score (nSPS) is 13.3. The first-order chi connectivity index (χ1) is 7.15. The van der Waals surface area contributed by atoms with Crippen LogP contribution in [0.15, 0.2) is 24.3 Å². The molecule has 0 amide bonds. The molecule has 1 atom stereocenters. The maximum atomic E-state index is 9.04. The molecule has 2 rings (SSSR count). The first kappa shape index (κ1) is 10.5. The highest BCUT2D eigenvalue weighted by atomic mass is 35.5. The summed E-state index contributed by atoms with van der Waals surface area (Å²) < 4.78 is 1.93. The summed E-state index contributed by atoms with van der Waals surface area (Å²) in [7, 11) is 1.90. The molecule has 2 aromatic rings. The third-order valence-corrected chi connectivity index (χ3v) is 2.93. The second-order valence-corrected chi connectivity index (χ2v) is 4.00. The van der Waals surface area contributed by atoms with Crippen molar-refractivity contribution in [3.63, 3.8) is 0 Å². The minimum absolute atomic E-state index is 0.0677. The smallest absolute Gasteiger partial charge is 0.0685 e. The topological polar surface area (TPSA) is 51.2 Å². The Bertz CT molecular complexity index is 493. The van der Waals surface area contributed by atoms with E-state index in [0.717, 1.165) is 16.6 Å². The van der Waals surface area contributed by atoms with Gasteiger partial charge in [0, 0.05) is 18.1 Å². The van der Waals surface area contributed by atoms with Crippen LogP contribution in [0.4, 0.5) is 0 Å². The van der Waals surface area contributed by atoms with Crippen molar-refractivity contribution < 1.29 is 5.11 Å². The second-order valence-electron chi connectivity index (χ2n) is 3.59. The molecule has 80 valence electrons. The van der Waals surface area contributed by atoms with Gasteiger partial charge in [-0.15, -0.1) is 0 Å². The molecule has 1 heterocycles. The number of hydrogen-bond acceptors (Lipinski definition) is 2. The van der Waals surface area contributed by atoms with Crippen LogP contribution in [0.25, 0.3) is 10.9 Å². The summed E-state index contributed by atoms with van der Waals surface area (Å²) in [6.07, 6.45) is 0. The molecule has 3 N–H and O–H groups in total. The molecule has 0 saturated carbocycles. The van der Waals surface area contributed by atoms with Crippen molar-refractivity contribution in [2.24, 2.45) is 12.8 Å². The van der Waals surface area contributed by atoms with Crippen LogP contribution in [0.5, 0.6) is 0 Å². The van der Waals surface area contributed by atoms with Crippen LogP contribution >= 0.6 is 11.6 Å². The van der Waals surface area contributed by atoms with Crippen LogP contribution in [-0.4, -0.2) is 16.3 Å². The molecule has 0 spiro atoms. The lowest BCUT2D eigenvalue weighted by atomic mass is 10.2. The highest BCUT2D eigenvalue weighted by Gasteiger charge is 2.13. The Morgan fingerprint density at radius 1 is 1.53 bits per heavy atom. The maximum Gasteiger partial charge on any atom is 0.0685 e. The quantitative estimate of drug-likeness (QED) is 0.818. The van der Waals surface area contributed by atoms with Gasteiger partial charge >= 0.3 is 0 Å². The summed E-state index contributed by atoms with van der Waals surface area (Å²) in [5, 5.41) is 10.8. The maximum absolute atomic E-state index is 9.04. The van der Waals surface area contributed by atoms with Crippen LogP contribution in [0.3, 0.4) is 0 Å². The van der Waals surface area contributed by atoms with Crippen LogP contribution < -0.4 is 5.73 Å². The Kier molecular flexibility index (Phi) is 2.69. The number of nitrogens with zero attached hydrogens (tertiary/aromatic N) is 1. The van der Waals surface area contributed by atoms with Crippen LogP contribution in [0.2, 0.25) is 5.02 Å². The SMILES string of the molecule is Cn1c(C(N)CO)cc2cccc(Cl)c21. The molecule has 0 saturated heterocycles. The van der Waals surface area contributed by atoms with E-state index in [4.69, 9.17) is 22.4 Å². The molecule has 3 nitrogen and oxygen atoms in total. The van der Waals surface area contributed by atoms with E-state index >= 15 is 0 Å². The number of rotatable bonds is 2. The van der Waals surface area contributed by atoms with E-state index in [-0.39, 0.29) is 12.6 Å².